The van der Waals surface area contributed by atoms with E-state index < -0.39 is 12.1 Å². The largest absolute Gasteiger partial charge is 0.325 e. The van der Waals surface area contributed by atoms with Gasteiger partial charge in [0.15, 0.2) is 0 Å². The molecule has 1 rings (SSSR count). The lowest BCUT2D eigenvalue weighted by Gasteiger charge is -2.02. The van der Waals surface area contributed by atoms with E-state index in [0.29, 0.717) is 12.0 Å². The summed E-state index contributed by atoms with van der Waals surface area (Å²) in [6, 6.07) is 2.44. The second-order valence-corrected chi connectivity index (χ2v) is 2.44. The number of rotatable bonds is 3. The van der Waals surface area contributed by atoms with Gasteiger partial charge in [0.1, 0.15) is 12.0 Å². The summed E-state index contributed by atoms with van der Waals surface area (Å²) in [6.07, 6.45) is -2.18. The molecule has 0 unspecified atom stereocenters. The second kappa shape index (κ2) is 4.04. The molecule has 0 atom stereocenters. The quantitative estimate of drug-likeness (QED) is 0.723. The molecule has 0 fully saturated rings. The summed E-state index contributed by atoms with van der Waals surface area (Å²) >= 11 is 0. The molecule has 0 aromatic carbocycles. The zero-order chi connectivity index (χ0) is 9.84. The fourth-order valence-electron chi connectivity index (χ4n) is 0.920. The number of aldehydes is 1. The van der Waals surface area contributed by atoms with Crippen molar-refractivity contribution in [2.75, 3.05) is 0 Å². The molecule has 3 nitrogen and oxygen atoms in total. The summed E-state index contributed by atoms with van der Waals surface area (Å²) in [5.74, 6) is 0. The van der Waals surface area contributed by atoms with Crippen LogP contribution in [0.2, 0.25) is 0 Å². The predicted molar refractivity (Wildman–Crippen MR) is 42.5 cm³/mol. The van der Waals surface area contributed by atoms with Crippen LogP contribution in [0.25, 0.3) is 0 Å². The van der Waals surface area contributed by atoms with Crippen molar-refractivity contribution in [2.45, 2.75) is 13.0 Å². The second-order valence-electron chi connectivity index (χ2n) is 2.44. The summed E-state index contributed by atoms with van der Waals surface area (Å²) in [6.45, 7) is 0.0431. The average Bonchev–Trinajstić information content (AvgIpc) is 2.16. The minimum atomic E-state index is -2.68. The third kappa shape index (κ3) is 2.29. The van der Waals surface area contributed by atoms with Crippen LogP contribution >= 0.6 is 0 Å². The van der Waals surface area contributed by atoms with Crippen LogP contribution in [0.15, 0.2) is 12.1 Å². The van der Waals surface area contributed by atoms with Crippen molar-refractivity contribution in [3.8, 4) is 0 Å². The molecule has 0 aliphatic carbocycles. The molecule has 0 saturated heterocycles. The Hall–Kier alpha value is -1.36. The summed E-state index contributed by atoms with van der Waals surface area (Å²) in [7, 11) is 0. The lowest BCUT2D eigenvalue weighted by molar-refractivity contribution is 0.112. The van der Waals surface area contributed by atoms with E-state index in [4.69, 9.17) is 5.73 Å². The highest BCUT2D eigenvalue weighted by molar-refractivity contribution is 5.75. The van der Waals surface area contributed by atoms with Gasteiger partial charge in [0.05, 0.1) is 5.69 Å². The molecule has 0 saturated carbocycles. The minimum Gasteiger partial charge on any atom is -0.325 e. The van der Waals surface area contributed by atoms with Crippen LogP contribution < -0.4 is 5.73 Å². The Balaban J connectivity index is 3.14. The van der Waals surface area contributed by atoms with E-state index in [1.54, 1.807) is 0 Å². The maximum atomic E-state index is 12.2. The van der Waals surface area contributed by atoms with Crippen LogP contribution in [0.5, 0.6) is 0 Å². The number of nitrogens with two attached hydrogens (primary N) is 1. The van der Waals surface area contributed by atoms with E-state index in [0.717, 1.165) is 6.07 Å². The maximum Gasteiger partial charge on any atom is 0.280 e. The Morgan fingerprint density at radius 2 is 2.23 bits per heavy atom. The molecule has 0 radical (unpaired) electrons. The fourth-order valence-corrected chi connectivity index (χ4v) is 0.920. The van der Waals surface area contributed by atoms with Gasteiger partial charge < -0.3 is 5.73 Å². The van der Waals surface area contributed by atoms with Crippen molar-refractivity contribution >= 4 is 6.29 Å². The molecule has 13 heavy (non-hydrogen) atoms. The molecule has 0 aliphatic rings. The van der Waals surface area contributed by atoms with Crippen molar-refractivity contribution < 1.29 is 13.6 Å². The number of aromatic nitrogens is 1. The molecular weight excluding hydrogens is 178 g/mol. The van der Waals surface area contributed by atoms with Gasteiger partial charge in [-0.05, 0) is 12.1 Å². The molecule has 0 aliphatic heterocycles. The van der Waals surface area contributed by atoms with Gasteiger partial charge in [0.25, 0.3) is 6.43 Å². The first-order chi connectivity index (χ1) is 6.17. The number of nitrogens with zero attached hydrogens (tertiary/aromatic N) is 1. The summed E-state index contributed by atoms with van der Waals surface area (Å²) in [5, 5.41) is 0. The molecule has 2 N–H and O–H groups in total. The number of hydrogen-bond acceptors (Lipinski definition) is 3. The van der Waals surface area contributed by atoms with E-state index in [1.807, 2.05) is 0 Å². The molecule has 1 aromatic heterocycles. The number of hydrogen-bond donors (Lipinski definition) is 1. The molecule has 1 heterocycles. The molecule has 0 amide bonds. The van der Waals surface area contributed by atoms with Crippen molar-refractivity contribution in [1.29, 1.82) is 0 Å². The van der Waals surface area contributed by atoms with E-state index >= 15 is 0 Å². The Morgan fingerprint density at radius 3 is 2.69 bits per heavy atom. The highest BCUT2D eigenvalue weighted by Crippen LogP contribution is 2.17. The Kier molecular flexibility index (Phi) is 3.02. The van der Waals surface area contributed by atoms with Gasteiger partial charge in [-0.2, -0.15) is 0 Å². The van der Waals surface area contributed by atoms with Gasteiger partial charge in [-0.15, -0.1) is 0 Å². The lowest BCUT2D eigenvalue weighted by Crippen LogP contribution is -2.04. The van der Waals surface area contributed by atoms with Crippen LogP contribution in [0.4, 0.5) is 8.78 Å². The first-order valence-electron chi connectivity index (χ1n) is 3.61. The standard InChI is InChI=1S/C8H8F2N2O/c9-8(10)7-2-5(4-13)1-6(3-11)12-7/h1-2,4,8H,3,11H2. The summed E-state index contributed by atoms with van der Waals surface area (Å²) in [5.41, 5.74) is 5.27. The van der Waals surface area contributed by atoms with Crippen molar-refractivity contribution in [3.63, 3.8) is 0 Å². The zero-order valence-electron chi connectivity index (χ0n) is 6.71. The van der Waals surface area contributed by atoms with E-state index in [-0.39, 0.29) is 12.1 Å². The first kappa shape index (κ1) is 9.73. The van der Waals surface area contributed by atoms with Crippen LogP contribution in [0.1, 0.15) is 28.2 Å². The molecular formula is C8H8F2N2O. The number of carbonyl (C=O) groups is 1. The third-order valence-electron chi connectivity index (χ3n) is 1.49. The van der Waals surface area contributed by atoms with Gasteiger partial charge in [-0.3, -0.25) is 9.78 Å². The number of carbonyl (C=O) groups excluding carboxylic acids is 1. The smallest absolute Gasteiger partial charge is 0.280 e. The Morgan fingerprint density at radius 1 is 1.54 bits per heavy atom. The van der Waals surface area contributed by atoms with Crippen molar-refractivity contribution in [3.05, 3.63) is 29.1 Å². The highest BCUT2D eigenvalue weighted by Gasteiger charge is 2.10. The van der Waals surface area contributed by atoms with Gasteiger partial charge in [0.2, 0.25) is 0 Å². The van der Waals surface area contributed by atoms with E-state index in [9.17, 15) is 13.6 Å². The number of halogens is 2. The molecule has 0 bridgehead atoms. The van der Waals surface area contributed by atoms with E-state index in [1.165, 1.54) is 6.07 Å². The first-order valence-corrected chi connectivity index (χ1v) is 3.61. The summed E-state index contributed by atoms with van der Waals surface area (Å²) < 4.78 is 24.4. The van der Waals surface area contributed by atoms with Crippen LogP contribution in [0, 0.1) is 0 Å². The normalized spacial score (nSPS) is 10.5. The van der Waals surface area contributed by atoms with Gasteiger partial charge in [-0.25, -0.2) is 8.78 Å². The SMILES string of the molecule is NCc1cc(C=O)cc(C(F)F)n1. The molecule has 5 heteroatoms. The third-order valence-corrected chi connectivity index (χ3v) is 1.49. The number of alkyl halides is 2. The minimum absolute atomic E-state index is 0.0431. The van der Waals surface area contributed by atoms with Gasteiger partial charge >= 0.3 is 0 Å². The highest BCUT2D eigenvalue weighted by atomic mass is 19.3. The van der Waals surface area contributed by atoms with Crippen molar-refractivity contribution in [2.24, 2.45) is 5.73 Å². The molecule has 1 aromatic rings. The van der Waals surface area contributed by atoms with Gasteiger partial charge in [0, 0.05) is 12.1 Å². The zero-order valence-corrected chi connectivity index (χ0v) is 6.71. The maximum absolute atomic E-state index is 12.2. The van der Waals surface area contributed by atoms with Crippen LogP contribution in [-0.2, 0) is 6.54 Å². The monoisotopic (exact) mass is 186 g/mol. The number of pyridine rings is 1. The van der Waals surface area contributed by atoms with Crippen molar-refractivity contribution in [1.82, 2.24) is 4.98 Å². The topological polar surface area (TPSA) is 56.0 Å². The van der Waals surface area contributed by atoms with Gasteiger partial charge in [-0.1, -0.05) is 0 Å². The lowest BCUT2D eigenvalue weighted by atomic mass is 10.2. The summed E-state index contributed by atoms with van der Waals surface area (Å²) in [4.78, 5) is 13.9. The van der Waals surface area contributed by atoms with Crippen LogP contribution in [0.3, 0.4) is 0 Å². The Bertz CT molecular complexity index is 315. The molecule has 70 valence electrons. The Labute approximate surface area is 73.6 Å². The van der Waals surface area contributed by atoms with E-state index in [2.05, 4.69) is 4.98 Å². The molecule has 0 spiro atoms. The van der Waals surface area contributed by atoms with Crippen LogP contribution in [-0.4, -0.2) is 11.3 Å². The average molecular weight is 186 g/mol. The fraction of sp³-hybridized carbons (Fsp3) is 0.250. The predicted octanol–water partition coefficient (Wildman–Crippen LogP) is 1.29.